The van der Waals surface area contributed by atoms with Gasteiger partial charge in [-0.15, -0.1) is 0 Å². The Labute approximate surface area is 200 Å². The summed E-state index contributed by atoms with van der Waals surface area (Å²) in [5, 5.41) is 20.4. The van der Waals surface area contributed by atoms with Crippen LogP contribution in [0.3, 0.4) is 0 Å². The molecule has 0 saturated carbocycles. The third-order valence-corrected chi connectivity index (χ3v) is 7.15. The van der Waals surface area contributed by atoms with Crippen LogP contribution in [-0.4, -0.2) is 65.7 Å². The number of hydrogen-bond acceptors (Lipinski definition) is 5. The Hall–Kier alpha value is -3.13. The molecule has 5 rings (SSSR count). The molecule has 0 atom stereocenters. The summed E-state index contributed by atoms with van der Waals surface area (Å²) in [5.74, 6) is 0.568. The van der Waals surface area contributed by atoms with E-state index in [0.29, 0.717) is 25.0 Å². The van der Waals surface area contributed by atoms with Crippen LogP contribution in [0.1, 0.15) is 43.9 Å². The second kappa shape index (κ2) is 9.62. The number of aromatic amines is 1. The molecule has 1 aromatic carbocycles. The Morgan fingerprint density at radius 1 is 1.21 bits per heavy atom. The number of aromatic nitrogens is 2. The van der Waals surface area contributed by atoms with E-state index in [2.05, 4.69) is 44.7 Å². The highest BCUT2D eigenvalue weighted by molar-refractivity contribution is 6.09. The van der Waals surface area contributed by atoms with Gasteiger partial charge in [0.2, 0.25) is 5.91 Å². The summed E-state index contributed by atoms with van der Waals surface area (Å²) >= 11 is 0. The highest BCUT2D eigenvalue weighted by atomic mass is 16.5. The summed E-state index contributed by atoms with van der Waals surface area (Å²) < 4.78 is 5.52. The number of amides is 1. The average molecular weight is 463 g/mol. The fraction of sp³-hybridized carbons (Fsp3) is 0.500. The van der Waals surface area contributed by atoms with Gasteiger partial charge in [-0.2, -0.15) is 5.10 Å². The number of benzene rings is 1. The monoisotopic (exact) mass is 462 g/mol. The van der Waals surface area contributed by atoms with Gasteiger partial charge in [0.05, 0.1) is 12.2 Å². The first-order valence-corrected chi connectivity index (χ1v) is 12.3. The van der Waals surface area contributed by atoms with Gasteiger partial charge in [-0.25, -0.2) is 0 Å². The topological polar surface area (TPSA) is 97.3 Å². The molecule has 0 radical (unpaired) electrons. The molecule has 8 nitrogen and oxygen atoms in total. The number of anilines is 1. The maximum absolute atomic E-state index is 12.2. The fourth-order valence-electron chi connectivity index (χ4n) is 5.21. The molecule has 1 aromatic heterocycles. The Kier molecular flexibility index (Phi) is 6.41. The van der Waals surface area contributed by atoms with E-state index < -0.39 is 0 Å². The predicted molar refractivity (Wildman–Crippen MR) is 133 cm³/mol. The van der Waals surface area contributed by atoms with Crippen molar-refractivity contribution in [3.8, 4) is 11.3 Å². The molecule has 3 N–H and O–H groups in total. The first-order chi connectivity index (χ1) is 16.5. The lowest BCUT2D eigenvalue weighted by atomic mass is 9.95. The number of nitrogens with zero attached hydrogens (tertiary/aromatic N) is 3. The van der Waals surface area contributed by atoms with Crippen LogP contribution >= 0.6 is 0 Å². The van der Waals surface area contributed by atoms with Crippen molar-refractivity contribution in [2.24, 2.45) is 0 Å². The second-order valence-corrected chi connectivity index (χ2v) is 9.56. The number of carbonyl (C=O) groups excluding carboxylic acids is 1. The van der Waals surface area contributed by atoms with E-state index in [1.165, 1.54) is 5.56 Å². The zero-order valence-corrected chi connectivity index (χ0v) is 20.1. The van der Waals surface area contributed by atoms with Gasteiger partial charge in [0.15, 0.2) is 0 Å². The van der Waals surface area contributed by atoms with Gasteiger partial charge in [0.25, 0.3) is 0 Å². The van der Waals surface area contributed by atoms with Crippen LogP contribution in [-0.2, 0) is 16.0 Å². The van der Waals surface area contributed by atoms with Crippen molar-refractivity contribution in [1.29, 1.82) is 5.41 Å². The third kappa shape index (κ3) is 4.59. The molecule has 34 heavy (non-hydrogen) atoms. The number of rotatable bonds is 4. The molecular weight excluding hydrogens is 428 g/mol. The summed E-state index contributed by atoms with van der Waals surface area (Å²) in [5.41, 5.74) is 7.47. The number of amidine groups is 1. The smallest absolute Gasteiger partial charge is 0.219 e. The molecule has 0 spiro atoms. The molecule has 1 fully saturated rings. The van der Waals surface area contributed by atoms with Crippen LogP contribution in [0, 0.1) is 12.3 Å². The number of fused-ring (bicyclic) bond motifs is 1. The first-order valence-electron chi connectivity index (χ1n) is 12.3. The van der Waals surface area contributed by atoms with Gasteiger partial charge >= 0.3 is 0 Å². The minimum Gasteiger partial charge on any atom is -0.385 e. The Bertz CT molecular complexity index is 1110. The van der Waals surface area contributed by atoms with Crippen molar-refractivity contribution < 1.29 is 9.53 Å². The van der Waals surface area contributed by atoms with Gasteiger partial charge < -0.3 is 19.9 Å². The fourth-order valence-corrected chi connectivity index (χ4v) is 5.21. The van der Waals surface area contributed by atoms with Crippen LogP contribution < -0.4 is 10.2 Å². The molecule has 3 aliphatic rings. The largest absolute Gasteiger partial charge is 0.385 e. The van der Waals surface area contributed by atoms with Gasteiger partial charge in [-0.3, -0.25) is 15.3 Å². The molecule has 4 heterocycles. The standard InChI is InChI=1S/C26H34N6O2/c1-17-14-24(30-29-17)19-5-6-25-20(15-19)4-3-10-32(25)26(27)22-16-31(18(2)33)11-7-23(22)28-21-8-12-34-13-9-21/h5-6,14-15,21,27-28H,3-4,7-13,16H2,1-2H3,(H,29,30). The zero-order chi connectivity index (χ0) is 23.7. The molecular formula is C26H34N6O2. The minimum absolute atomic E-state index is 0.0633. The minimum atomic E-state index is 0.0633. The molecule has 3 aliphatic heterocycles. The van der Waals surface area contributed by atoms with E-state index in [0.717, 1.165) is 85.8 Å². The zero-order valence-electron chi connectivity index (χ0n) is 20.1. The molecule has 1 amide bonds. The summed E-state index contributed by atoms with van der Waals surface area (Å²) in [4.78, 5) is 16.2. The maximum atomic E-state index is 12.2. The van der Waals surface area contributed by atoms with E-state index in [9.17, 15) is 10.2 Å². The third-order valence-electron chi connectivity index (χ3n) is 7.15. The van der Waals surface area contributed by atoms with Gasteiger partial charge in [0.1, 0.15) is 5.84 Å². The lowest BCUT2D eigenvalue weighted by molar-refractivity contribution is -0.128. The summed E-state index contributed by atoms with van der Waals surface area (Å²) in [6.07, 6.45) is 4.69. The predicted octanol–water partition coefficient (Wildman–Crippen LogP) is 3.39. The van der Waals surface area contributed by atoms with Crippen LogP contribution in [0.25, 0.3) is 11.3 Å². The van der Waals surface area contributed by atoms with Crippen LogP contribution in [0.2, 0.25) is 0 Å². The van der Waals surface area contributed by atoms with Gasteiger partial charge in [-0.1, -0.05) is 6.07 Å². The Morgan fingerprint density at radius 3 is 2.76 bits per heavy atom. The number of aryl methyl sites for hydroxylation is 2. The molecule has 180 valence electrons. The summed E-state index contributed by atoms with van der Waals surface area (Å²) in [6, 6.07) is 8.85. The highest BCUT2D eigenvalue weighted by Crippen LogP contribution is 2.33. The van der Waals surface area contributed by atoms with E-state index >= 15 is 0 Å². The summed E-state index contributed by atoms with van der Waals surface area (Å²) in [7, 11) is 0. The van der Waals surface area contributed by atoms with E-state index in [-0.39, 0.29) is 5.91 Å². The number of hydrogen-bond donors (Lipinski definition) is 3. The number of H-pyrrole nitrogens is 1. The van der Waals surface area contributed by atoms with E-state index in [4.69, 9.17) is 4.74 Å². The molecule has 0 unspecified atom stereocenters. The van der Waals surface area contributed by atoms with Crippen LogP contribution in [0.4, 0.5) is 5.69 Å². The normalized spacial score (nSPS) is 19.2. The van der Waals surface area contributed by atoms with Crippen molar-refractivity contribution in [2.75, 3.05) is 37.7 Å². The van der Waals surface area contributed by atoms with Crippen molar-refractivity contribution >= 4 is 17.4 Å². The highest BCUT2D eigenvalue weighted by Gasteiger charge is 2.30. The van der Waals surface area contributed by atoms with Crippen LogP contribution in [0.15, 0.2) is 35.5 Å². The quantitative estimate of drug-likeness (QED) is 0.478. The first kappa shape index (κ1) is 22.7. The number of nitrogens with one attached hydrogen (secondary N) is 3. The lowest BCUT2D eigenvalue weighted by Gasteiger charge is -2.38. The molecule has 2 aromatic rings. The molecule has 8 heteroatoms. The van der Waals surface area contributed by atoms with Gasteiger partial charge in [0, 0.05) is 73.9 Å². The van der Waals surface area contributed by atoms with E-state index in [1.807, 2.05) is 11.8 Å². The maximum Gasteiger partial charge on any atom is 0.219 e. The Balaban J connectivity index is 1.44. The van der Waals surface area contributed by atoms with Crippen LogP contribution in [0.5, 0.6) is 0 Å². The SMILES string of the molecule is CC(=O)N1CCC(NC2CCOCC2)=C(C(=N)N2CCCc3cc(-c4cc(C)[nH]n4)ccc32)C1. The lowest BCUT2D eigenvalue weighted by Crippen LogP contribution is -2.46. The average Bonchev–Trinajstić information content (AvgIpc) is 3.30. The summed E-state index contributed by atoms with van der Waals surface area (Å²) in [6.45, 7) is 7.15. The molecule has 0 bridgehead atoms. The second-order valence-electron chi connectivity index (χ2n) is 9.56. The Morgan fingerprint density at radius 2 is 2.03 bits per heavy atom. The van der Waals surface area contributed by atoms with Gasteiger partial charge in [-0.05, 0) is 56.4 Å². The number of carbonyl (C=O) groups is 1. The van der Waals surface area contributed by atoms with Crippen molar-refractivity contribution in [2.45, 2.75) is 52.0 Å². The molecule has 1 saturated heterocycles. The van der Waals surface area contributed by atoms with Crippen molar-refractivity contribution in [1.82, 2.24) is 20.4 Å². The number of ether oxygens (including phenoxy) is 1. The molecule has 0 aliphatic carbocycles. The van der Waals surface area contributed by atoms with E-state index in [1.54, 1.807) is 6.92 Å². The van der Waals surface area contributed by atoms with Crippen molar-refractivity contribution in [3.63, 3.8) is 0 Å². The van der Waals surface area contributed by atoms with Crippen molar-refractivity contribution in [3.05, 3.63) is 46.8 Å².